The van der Waals surface area contributed by atoms with Gasteiger partial charge in [0.2, 0.25) is 0 Å². The number of carbonyl (C=O) groups is 3. The molecule has 0 aliphatic heterocycles. The third kappa shape index (κ3) is 68.0. The molecule has 0 bridgehead atoms. The Balaban J connectivity index is 4.19. The van der Waals surface area contributed by atoms with Crippen LogP contribution in [-0.4, -0.2) is 37.2 Å². The Labute approximate surface area is 512 Å². The van der Waals surface area contributed by atoms with Gasteiger partial charge in [0.15, 0.2) is 6.10 Å². The second kappa shape index (κ2) is 69.8. The van der Waals surface area contributed by atoms with E-state index in [0.717, 1.165) is 154 Å². The third-order valence-corrected chi connectivity index (χ3v) is 14.3. The molecule has 0 rings (SSSR count). The van der Waals surface area contributed by atoms with Crippen LogP contribution in [0.4, 0.5) is 0 Å². The molecule has 0 aliphatic rings. The van der Waals surface area contributed by atoms with Gasteiger partial charge in [-0.1, -0.05) is 295 Å². The molecule has 0 aliphatic carbocycles. The Bertz CT molecular complexity index is 1800. The van der Waals surface area contributed by atoms with Gasteiger partial charge in [0.1, 0.15) is 13.2 Å². The van der Waals surface area contributed by atoms with Gasteiger partial charge >= 0.3 is 17.9 Å². The summed E-state index contributed by atoms with van der Waals surface area (Å²) < 4.78 is 16.9. The van der Waals surface area contributed by atoms with E-state index in [1.807, 2.05) is 0 Å². The fourth-order valence-corrected chi connectivity index (χ4v) is 9.30. The summed E-state index contributed by atoms with van der Waals surface area (Å²) in [5.74, 6) is -0.949. The predicted octanol–water partition coefficient (Wildman–Crippen LogP) is 23.9. The van der Waals surface area contributed by atoms with Crippen LogP contribution in [0.3, 0.4) is 0 Å². The summed E-state index contributed by atoms with van der Waals surface area (Å²) in [6.07, 6.45) is 100. The Kier molecular flexibility index (Phi) is 65.8. The quantitative estimate of drug-likeness (QED) is 0.0261. The van der Waals surface area contributed by atoms with Crippen LogP contribution in [-0.2, 0) is 28.6 Å². The molecule has 470 valence electrons. The molecule has 0 aromatic rings. The first-order chi connectivity index (χ1) is 41.0. The normalized spacial score (nSPS) is 13.0. The zero-order valence-corrected chi connectivity index (χ0v) is 53.9. The highest BCUT2D eigenvalue weighted by molar-refractivity contribution is 5.71. The van der Waals surface area contributed by atoms with Crippen LogP contribution in [0.25, 0.3) is 0 Å². The summed E-state index contributed by atoms with van der Waals surface area (Å²) >= 11 is 0. The zero-order chi connectivity index (χ0) is 59.9. The molecule has 0 spiro atoms. The Hall–Kier alpha value is -4.71. The van der Waals surface area contributed by atoms with Crippen molar-refractivity contribution in [3.05, 3.63) is 146 Å². The van der Waals surface area contributed by atoms with E-state index in [1.165, 1.54) is 109 Å². The maximum absolute atomic E-state index is 12.9. The van der Waals surface area contributed by atoms with Crippen molar-refractivity contribution in [1.82, 2.24) is 0 Å². The van der Waals surface area contributed by atoms with E-state index in [0.29, 0.717) is 19.3 Å². The van der Waals surface area contributed by atoms with Crippen LogP contribution in [0.1, 0.15) is 303 Å². The minimum Gasteiger partial charge on any atom is -0.462 e. The minimum atomic E-state index is -0.807. The smallest absolute Gasteiger partial charge is 0.306 e. The van der Waals surface area contributed by atoms with Gasteiger partial charge in [-0.15, -0.1) is 0 Å². The summed E-state index contributed by atoms with van der Waals surface area (Å²) in [6, 6.07) is 0. The van der Waals surface area contributed by atoms with Crippen molar-refractivity contribution in [3.8, 4) is 0 Å². The highest BCUT2D eigenvalue weighted by Gasteiger charge is 2.19. The number of hydrogen-bond acceptors (Lipinski definition) is 6. The lowest BCUT2D eigenvalue weighted by Gasteiger charge is -2.18. The molecule has 1 atom stereocenters. The van der Waals surface area contributed by atoms with E-state index < -0.39 is 6.10 Å². The summed E-state index contributed by atoms with van der Waals surface area (Å²) in [5, 5.41) is 0. The molecule has 6 nitrogen and oxygen atoms in total. The fourth-order valence-electron chi connectivity index (χ4n) is 9.30. The van der Waals surface area contributed by atoms with E-state index in [9.17, 15) is 14.4 Å². The lowest BCUT2D eigenvalue weighted by Crippen LogP contribution is -2.30. The number of allylic oxidation sites excluding steroid dienone is 24. The fraction of sp³-hybridized carbons (Fsp3) is 0.649. The van der Waals surface area contributed by atoms with Gasteiger partial charge in [-0.25, -0.2) is 0 Å². The van der Waals surface area contributed by atoms with E-state index in [4.69, 9.17) is 14.2 Å². The average Bonchev–Trinajstić information content (AvgIpc) is 3.49. The molecule has 0 aromatic heterocycles. The monoisotopic (exact) mass is 1150 g/mol. The second-order valence-corrected chi connectivity index (χ2v) is 22.3. The molecule has 0 N–H and O–H groups in total. The van der Waals surface area contributed by atoms with Crippen molar-refractivity contribution in [2.24, 2.45) is 0 Å². The molecule has 0 amide bonds. The van der Waals surface area contributed by atoms with Gasteiger partial charge in [-0.2, -0.15) is 0 Å². The van der Waals surface area contributed by atoms with Crippen molar-refractivity contribution in [3.63, 3.8) is 0 Å². The van der Waals surface area contributed by atoms with Crippen LogP contribution >= 0.6 is 0 Å². The summed E-state index contributed by atoms with van der Waals surface area (Å²) in [7, 11) is 0. The molecule has 0 saturated carbocycles. The Morgan fingerprint density at radius 2 is 0.434 bits per heavy atom. The van der Waals surface area contributed by atoms with Crippen molar-refractivity contribution in [2.75, 3.05) is 13.2 Å². The van der Waals surface area contributed by atoms with Crippen molar-refractivity contribution in [1.29, 1.82) is 0 Å². The molecule has 6 heteroatoms. The van der Waals surface area contributed by atoms with Gasteiger partial charge < -0.3 is 14.2 Å². The van der Waals surface area contributed by atoms with E-state index in [-0.39, 0.29) is 31.1 Å². The largest absolute Gasteiger partial charge is 0.462 e. The van der Waals surface area contributed by atoms with Crippen molar-refractivity contribution in [2.45, 2.75) is 309 Å². The third-order valence-electron chi connectivity index (χ3n) is 14.3. The first-order valence-corrected chi connectivity index (χ1v) is 34.3. The summed E-state index contributed by atoms with van der Waals surface area (Å²) in [5.41, 5.74) is 0. The first-order valence-electron chi connectivity index (χ1n) is 34.3. The number of hydrogen-bond donors (Lipinski definition) is 0. The lowest BCUT2D eigenvalue weighted by atomic mass is 10.0. The van der Waals surface area contributed by atoms with Gasteiger partial charge in [-0.3, -0.25) is 14.4 Å². The maximum Gasteiger partial charge on any atom is 0.306 e. The molecule has 0 saturated heterocycles. The zero-order valence-electron chi connectivity index (χ0n) is 53.9. The Morgan fingerprint density at radius 3 is 0.687 bits per heavy atom. The number of carbonyl (C=O) groups excluding carboxylic acids is 3. The van der Waals surface area contributed by atoms with Gasteiger partial charge in [0.25, 0.3) is 0 Å². The molecular weight excluding hydrogens is 1020 g/mol. The maximum atomic E-state index is 12.9. The average molecular weight is 1150 g/mol. The number of ether oxygens (including phenoxy) is 3. The van der Waals surface area contributed by atoms with Crippen LogP contribution < -0.4 is 0 Å². The molecule has 0 radical (unpaired) electrons. The van der Waals surface area contributed by atoms with Crippen molar-refractivity contribution < 1.29 is 28.6 Å². The van der Waals surface area contributed by atoms with Gasteiger partial charge in [0, 0.05) is 19.3 Å². The molecule has 0 fully saturated rings. The highest BCUT2D eigenvalue weighted by Crippen LogP contribution is 2.17. The SMILES string of the molecule is CC/C=C\C/C=C\C/C=C\C/C=C\C/C=C\CCCCCCCCCCCCCCCCCCCCCC(=O)OCC(COC(=O)CCCCC/C=C\C/C=C\C/C=C\CC)OC(=O)CCCCCC/C=C\C/C=C\C/C=C\C/C=C\CC. The minimum absolute atomic E-state index is 0.0992. The van der Waals surface area contributed by atoms with Crippen LogP contribution in [0.2, 0.25) is 0 Å². The number of unbranched alkanes of at least 4 members (excludes halogenated alkanes) is 26. The summed E-state index contributed by atoms with van der Waals surface area (Å²) in [6.45, 7) is 6.26. The molecule has 1 unspecified atom stereocenters. The van der Waals surface area contributed by atoms with Crippen LogP contribution in [0, 0.1) is 0 Å². The molecule has 0 heterocycles. The van der Waals surface area contributed by atoms with Gasteiger partial charge in [0.05, 0.1) is 0 Å². The predicted molar refractivity (Wildman–Crippen MR) is 362 cm³/mol. The second-order valence-electron chi connectivity index (χ2n) is 22.3. The summed E-state index contributed by atoms with van der Waals surface area (Å²) in [4.78, 5) is 38.3. The van der Waals surface area contributed by atoms with Crippen molar-refractivity contribution >= 4 is 17.9 Å². The van der Waals surface area contributed by atoms with E-state index >= 15 is 0 Å². The Morgan fingerprint density at radius 1 is 0.241 bits per heavy atom. The molecular formula is C77H126O6. The highest BCUT2D eigenvalue weighted by atomic mass is 16.6. The number of esters is 3. The van der Waals surface area contributed by atoms with Gasteiger partial charge in [-0.05, 0) is 135 Å². The van der Waals surface area contributed by atoms with Crippen LogP contribution in [0.15, 0.2) is 146 Å². The molecule has 83 heavy (non-hydrogen) atoms. The van der Waals surface area contributed by atoms with E-state index in [1.54, 1.807) is 0 Å². The topological polar surface area (TPSA) is 78.9 Å². The van der Waals surface area contributed by atoms with E-state index in [2.05, 4.69) is 167 Å². The first kappa shape index (κ1) is 78.3. The molecule has 0 aromatic carbocycles. The van der Waals surface area contributed by atoms with Crippen LogP contribution in [0.5, 0.6) is 0 Å². The number of rotatable bonds is 61. The standard InChI is InChI=1S/C77H126O6/c1-4-7-10-13-16-19-22-25-27-29-30-31-32-33-34-35-36-37-38-39-40-41-42-43-44-45-46-48-49-52-55-58-61-64-67-70-76(79)82-73-74(72-81-75(78)69-66-63-60-57-54-51-24-21-18-15-12-9-6-3)83-77(80)71-68-65-62-59-56-53-50-47-28-26-23-20-17-14-11-8-5-2/h7-12,16-21,25-28,30-31,33-34,50-51,53-54,74H,4-6,13-15,22-24,29,32,35-49,52,55-73H2,1-3H3/b10-7-,11-8-,12-9-,19-16-,20-17-,21-18-,27-25-,28-26-,31-30-,34-33-,53-50-,54-51-. The lowest BCUT2D eigenvalue weighted by molar-refractivity contribution is -0.167.